The molecule has 0 aromatic heterocycles. The molecule has 2 rings (SSSR count). The molecule has 5 nitrogen and oxygen atoms in total. The third-order valence-electron chi connectivity index (χ3n) is 4.08. The number of esters is 1. The highest BCUT2D eigenvalue weighted by atomic mass is 16.5. The monoisotopic (exact) mass is 340 g/mol. The van der Waals surface area contributed by atoms with Crippen LogP contribution in [0.15, 0.2) is 42.5 Å². The van der Waals surface area contributed by atoms with Crippen LogP contribution in [-0.2, 0) is 11.3 Å². The Morgan fingerprint density at radius 2 is 1.76 bits per heavy atom. The molecule has 0 saturated carbocycles. The van der Waals surface area contributed by atoms with Crippen LogP contribution in [0.2, 0.25) is 0 Å². The van der Waals surface area contributed by atoms with Gasteiger partial charge in [0.2, 0.25) is 0 Å². The van der Waals surface area contributed by atoms with Gasteiger partial charge in [0, 0.05) is 6.54 Å². The molecule has 2 N–H and O–H groups in total. The second-order valence-corrected chi connectivity index (χ2v) is 6.10. The predicted octanol–water partition coefficient (Wildman–Crippen LogP) is 3.65. The largest absolute Gasteiger partial charge is 0.465 e. The molecule has 0 aliphatic rings. The molecule has 0 spiro atoms. The Bertz CT molecular complexity index is 754. The molecular weight excluding hydrogens is 316 g/mol. The van der Waals surface area contributed by atoms with Crippen molar-refractivity contribution < 1.29 is 14.3 Å². The fourth-order valence-corrected chi connectivity index (χ4v) is 2.61. The number of carbonyl (C=O) groups excluding carboxylic acids is 2. The summed E-state index contributed by atoms with van der Waals surface area (Å²) in [5.74, 6) is -0.375. The van der Waals surface area contributed by atoms with E-state index < -0.39 is 0 Å². The van der Waals surface area contributed by atoms with Gasteiger partial charge in [-0.05, 0) is 49.6 Å². The minimum atomic E-state index is -0.375. The van der Waals surface area contributed by atoms with Gasteiger partial charge in [0.1, 0.15) is 0 Å². The second-order valence-electron chi connectivity index (χ2n) is 6.10. The summed E-state index contributed by atoms with van der Waals surface area (Å²) in [6.45, 7) is 6.42. The highest BCUT2D eigenvalue weighted by Crippen LogP contribution is 2.18. The molecule has 5 heteroatoms. The minimum absolute atomic E-state index is 0.0819. The van der Waals surface area contributed by atoms with E-state index in [1.54, 1.807) is 24.3 Å². The Labute approximate surface area is 148 Å². The van der Waals surface area contributed by atoms with Crippen molar-refractivity contribution in [2.24, 2.45) is 0 Å². The van der Waals surface area contributed by atoms with Crippen LogP contribution in [0.1, 0.15) is 45.6 Å². The van der Waals surface area contributed by atoms with Gasteiger partial charge in [-0.15, -0.1) is 0 Å². The molecule has 0 fully saturated rings. The second kappa shape index (κ2) is 8.33. The number of urea groups is 1. The Kier molecular flexibility index (Phi) is 6.17. The summed E-state index contributed by atoms with van der Waals surface area (Å²) in [4.78, 5) is 23.5. The van der Waals surface area contributed by atoms with Crippen molar-refractivity contribution in [3.63, 3.8) is 0 Å². The van der Waals surface area contributed by atoms with E-state index >= 15 is 0 Å². The Balaban J connectivity index is 1.90. The fourth-order valence-electron chi connectivity index (χ4n) is 2.61. The van der Waals surface area contributed by atoms with Gasteiger partial charge in [0.15, 0.2) is 0 Å². The molecule has 0 aliphatic carbocycles. The number of rotatable bonds is 5. The average Bonchev–Trinajstić information content (AvgIpc) is 2.61. The first-order valence-corrected chi connectivity index (χ1v) is 8.19. The number of nitrogens with one attached hydrogen (secondary N) is 2. The Morgan fingerprint density at radius 3 is 2.40 bits per heavy atom. The lowest BCUT2D eigenvalue weighted by Crippen LogP contribution is -2.36. The normalized spacial score (nSPS) is 11.5. The maximum atomic E-state index is 12.1. The summed E-state index contributed by atoms with van der Waals surface area (Å²) in [5, 5.41) is 5.78. The van der Waals surface area contributed by atoms with Crippen molar-refractivity contribution in [2.75, 3.05) is 7.11 Å². The zero-order valence-corrected chi connectivity index (χ0v) is 15.1. The van der Waals surface area contributed by atoms with Crippen molar-refractivity contribution in [1.29, 1.82) is 0 Å². The van der Waals surface area contributed by atoms with E-state index in [1.165, 1.54) is 12.7 Å². The molecule has 0 unspecified atom stereocenters. The predicted molar refractivity (Wildman–Crippen MR) is 97.5 cm³/mol. The molecule has 0 bridgehead atoms. The van der Waals surface area contributed by atoms with Crippen molar-refractivity contribution in [3.8, 4) is 0 Å². The molecule has 0 saturated heterocycles. The summed E-state index contributed by atoms with van der Waals surface area (Å²) >= 11 is 0. The summed E-state index contributed by atoms with van der Waals surface area (Å²) in [6.07, 6.45) is 0. The van der Waals surface area contributed by atoms with Gasteiger partial charge >= 0.3 is 12.0 Å². The topological polar surface area (TPSA) is 67.4 Å². The minimum Gasteiger partial charge on any atom is -0.465 e. The molecule has 2 aromatic rings. The zero-order chi connectivity index (χ0) is 18.4. The Hall–Kier alpha value is -2.82. The fraction of sp³-hybridized carbons (Fsp3) is 0.300. The number of aryl methyl sites for hydroxylation is 2. The van der Waals surface area contributed by atoms with E-state index in [-0.39, 0.29) is 18.0 Å². The van der Waals surface area contributed by atoms with Gasteiger partial charge in [-0.2, -0.15) is 0 Å². The summed E-state index contributed by atoms with van der Waals surface area (Å²) < 4.78 is 4.66. The first-order valence-electron chi connectivity index (χ1n) is 8.19. The van der Waals surface area contributed by atoms with Gasteiger partial charge in [-0.3, -0.25) is 0 Å². The van der Waals surface area contributed by atoms with Gasteiger partial charge in [0.05, 0.1) is 18.7 Å². The van der Waals surface area contributed by atoms with Crippen LogP contribution in [0.4, 0.5) is 4.79 Å². The number of carbonyl (C=O) groups is 2. The molecule has 0 radical (unpaired) electrons. The highest BCUT2D eigenvalue weighted by molar-refractivity contribution is 5.89. The van der Waals surface area contributed by atoms with Crippen molar-refractivity contribution >= 4 is 12.0 Å². The van der Waals surface area contributed by atoms with E-state index in [2.05, 4.69) is 33.6 Å². The Morgan fingerprint density at radius 1 is 1.08 bits per heavy atom. The van der Waals surface area contributed by atoms with Crippen LogP contribution in [0.5, 0.6) is 0 Å². The lowest BCUT2D eigenvalue weighted by atomic mass is 10.0. The molecule has 2 amide bonds. The lowest BCUT2D eigenvalue weighted by Gasteiger charge is -2.18. The van der Waals surface area contributed by atoms with Gasteiger partial charge in [-0.25, -0.2) is 9.59 Å². The summed E-state index contributed by atoms with van der Waals surface area (Å²) in [6, 6.07) is 12.8. The number of hydrogen-bond donors (Lipinski definition) is 2. The number of benzene rings is 2. The molecule has 1 atom stereocenters. The van der Waals surface area contributed by atoms with Crippen LogP contribution >= 0.6 is 0 Å². The number of amides is 2. The standard InChI is InChI=1S/C20H24N2O3/c1-13-5-6-14(2)18(11-13)15(3)22-20(24)21-12-16-7-9-17(10-8-16)19(23)25-4/h5-11,15H,12H2,1-4H3,(H2,21,22,24)/t15-/m0/s1. The van der Waals surface area contributed by atoms with Crippen LogP contribution in [0, 0.1) is 13.8 Å². The third-order valence-corrected chi connectivity index (χ3v) is 4.08. The maximum Gasteiger partial charge on any atom is 0.337 e. The van der Waals surface area contributed by atoms with Crippen LogP contribution in [0.25, 0.3) is 0 Å². The van der Waals surface area contributed by atoms with E-state index in [0.29, 0.717) is 12.1 Å². The smallest absolute Gasteiger partial charge is 0.337 e. The third kappa shape index (κ3) is 5.08. The molecule has 2 aromatic carbocycles. The number of ether oxygens (including phenoxy) is 1. The summed E-state index contributed by atoms with van der Waals surface area (Å²) in [5.41, 5.74) is 4.82. The molecule has 25 heavy (non-hydrogen) atoms. The molecule has 0 heterocycles. The summed E-state index contributed by atoms with van der Waals surface area (Å²) in [7, 11) is 1.35. The first kappa shape index (κ1) is 18.5. The van der Waals surface area contributed by atoms with Crippen LogP contribution < -0.4 is 10.6 Å². The molecular formula is C20H24N2O3. The lowest BCUT2D eigenvalue weighted by molar-refractivity contribution is 0.0600. The number of methoxy groups -OCH3 is 1. The average molecular weight is 340 g/mol. The molecule has 132 valence electrons. The first-order chi connectivity index (χ1) is 11.9. The van der Waals surface area contributed by atoms with E-state index in [1.807, 2.05) is 20.8 Å². The van der Waals surface area contributed by atoms with Crippen molar-refractivity contribution in [1.82, 2.24) is 10.6 Å². The zero-order valence-electron chi connectivity index (χ0n) is 15.1. The SMILES string of the molecule is COC(=O)c1ccc(CNC(=O)N[C@@H](C)c2cc(C)ccc2C)cc1. The maximum absolute atomic E-state index is 12.1. The quantitative estimate of drug-likeness (QED) is 0.817. The van der Waals surface area contributed by atoms with Crippen molar-refractivity contribution in [3.05, 3.63) is 70.3 Å². The van der Waals surface area contributed by atoms with Crippen molar-refractivity contribution in [2.45, 2.75) is 33.4 Å². The van der Waals surface area contributed by atoms with Gasteiger partial charge < -0.3 is 15.4 Å². The highest BCUT2D eigenvalue weighted by Gasteiger charge is 2.12. The molecule has 0 aliphatic heterocycles. The van der Waals surface area contributed by atoms with Gasteiger partial charge in [0.25, 0.3) is 0 Å². The van der Waals surface area contributed by atoms with E-state index in [0.717, 1.165) is 16.7 Å². The van der Waals surface area contributed by atoms with Crippen LogP contribution in [0.3, 0.4) is 0 Å². The van der Waals surface area contributed by atoms with E-state index in [4.69, 9.17) is 0 Å². The van der Waals surface area contributed by atoms with E-state index in [9.17, 15) is 9.59 Å². The van der Waals surface area contributed by atoms with Gasteiger partial charge in [-0.1, -0.05) is 35.9 Å². The number of hydrogen-bond acceptors (Lipinski definition) is 3. The van der Waals surface area contributed by atoms with Crippen LogP contribution in [-0.4, -0.2) is 19.1 Å².